The van der Waals surface area contributed by atoms with E-state index in [0.29, 0.717) is 5.69 Å². The number of amides is 2. The lowest BCUT2D eigenvalue weighted by Crippen LogP contribution is -2.51. The van der Waals surface area contributed by atoms with Crippen LogP contribution >= 0.6 is 11.3 Å². The molecule has 2 amide bonds. The molecule has 2 aromatic rings. The molecule has 25 heavy (non-hydrogen) atoms. The number of hydrogen-bond acceptors (Lipinski definition) is 5. The number of aliphatic hydroxyl groups is 1. The van der Waals surface area contributed by atoms with Crippen LogP contribution in [0.15, 0.2) is 29.6 Å². The van der Waals surface area contributed by atoms with Crippen molar-refractivity contribution >= 4 is 23.2 Å². The summed E-state index contributed by atoms with van der Waals surface area (Å²) in [6.07, 6.45) is -1.20. The summed E-state index contributed by atoms with van der Waals surface area (Å²) in [4.78, 5) is 27.9. The highest BCUT2D eigenvalue weighted by atomic mass is 32.1. The molecule has 0 aliphatic rings. The monoisotopic (exact) mass is 361 g/mol. The van der Waals surface area contributed by atoms with Crippen LogP contribution < -0.4 is 11.1 Å². The third kappa shape index (κ3) is 5.11. The minimum Gasteiger partial charge on any atom is -0.383 e. The molecule has 0 saturated heterocycles. The minimum absolute atomic E-state index is 0.0811. The molecule has 4 N–H and O–H groups in total. The molecule has 0 fully saturated rings. The van der Waals surface area contributed by atoms with Gasteiger partial charge in [0.1, 0.15) is 17.2 Å². The van der Waals surface area contributed by atoms with Crippen molar-refractivity contribution in [1.82, 2.24) is 10.3 Å². The third-order valence-electron chi connectivity index (χ3n) is 3.83. The smallest absolute Gasteiger partial charge is 0.249 e. The van der Waals surface area contributed by atoms with Gasteiger partial charge in [-0.15, -0.1) is 11.3 Å². The summed E-state index contributed by atoms with van der Waals surface area (Å²) in [5, 5.41) is 15.2. The number of hydrogen-bond donors (Lipinski definition) is 3. The van der Waals surface area contributed by atoms with Crippen LogP contribution in [0.25, 0.3) is 10.6 Å². The Morgan fingerprint density at radius 1 is 1.28 bits per heavy atom. The van der Waals surface area contributed by atoms with Gasteiger partial charge < -0.3 is 16.2 Å². The number of benzene rings is 1. The van der Waals surface area contributed by atoms with Gasteiger partial charge >= 0.3 is 0 Å². The number of rotatable bonds is 7. The van der Waals surface area contributed by atoms with E-state index in [0.717, 1.165) is 10.6 Å². The summed E-state index contributed by atoms with van der Waals surface area (Å²) in [5.74, 6) is -1.39. The van der Waals surface area contributed by atoms with Gasteiger partial charge in [0.25, 0.3) is 0 Å². The normalized spacial score (nSPS) is 13.5. The number of aryl methyl sites for hydroxylation is 1. The molecule has 0 aliphatic carbocycles. The zero-order chi connectivity index (χ0) is 18.6. The molecule has 0 spiro atoms. The maximum Gasteiger partial charge on any atom is 0.249 e. The SMILES string of the molecule is Cc1ccc(-c2nc(C[C@H](O)C(=O)N[C@H](C(N)=O)C(C)C)cs2)cc1. The molecule has 0 unspecified atom stereocenters. The van der Waals surface area contributed by atoms with Gasteiger partial charge in [0, 0.05) is 17.4 Å². The Balaban J connectivity index is 2.01. The number of nitrogens with one attached hydrogen (secondary N) is 1. The van der Waals surface area contributed by atoms with E-state index in [4.69, 9.17) is 5.73 Å². The van der Waals surface area contributed by atoms with Crippen LogP contribution in [-0.2, 0) is 16.0 Å². The Bertz CT molecular complexity index is 740. The first-order valence-corrected chi connectivity index (χ1v) is 8.95. The molecule has 0 bridgehead atoms. The largest absolute Gasteiger partial charge is 0.383 e. The van der Waals surface area contributed by atoms with E-state index in [1.54, 1.807) is 13.8 Å². The van der Waals surface area contributed by atoms with Crippen LogP contribution in [0.3, 0.4) is 0 Å². The van der Waals surface area contributed by atoms with Gasteiger partial charge in [0.05, 0.1) is 5.69 Å². The second kappa shape index (κ2) is 8.22. The van der Waals surface area contributed by atoms with Gasteiger partial charge in [-0.05, 0) is 12.8 Å². The number of aromatic nitrogens is 1. The summed E-state index contributed by atoms with van der Waals surface area (Å²) >= 11 is 1.46. The number of nitrogens with zero attached hydrogens (tertiary/aromatic N) is 1. The molecule has 0 saturated carbocycles. The van der Waals surface area contributed by atoms with Gasteiger partial charge in [-0.3, -0.25) is 9.59 Å². The summed E-state index contributed by atoms with van der Waals surface area (Å²) in [7, 11) is 0. The Hall–Kier alpha value is -2.25. The third-order valence-corrected chi connectivity index (χ3v) is 4.77. The first-order valence-electron chi connectivity index (χ1n) is 8.07. The van der Waals surface area contributed by atoms with E-state index in [1.165, 1.54) is 16.9 Å². The average Bonchev–Trinajstić information content (AvgIpc) is 3.00. The number of carbonyl (C=O) groups is 2. The van der Waals surface area contributed by atoms with Crippen molar-refractivity contribution in [2.45, 2.75) is 39.3 Å². The molecule has 1 aromatic carbocycles. The zero-order valence-corrected chi connectivity index (χ0v) is 15.3. The Morgan fingerprint density at radius 2 is 1.92 bits per heavy atom. The van der Waals surface area contributed by atoms with Gasteiger partial charge in [-0.2, -0.15) is 0 Å². The molecule has 2 rings (SSSR count). The fraction of sp³-hybridized carbons (Fsp3) is 0.389. The highest BCUT2D eigenvalue weighted by Crippen LogP contribution is 2.24. The van der Waals surface area contributed by atoms with Crippen molar-refractivity contribution in [3.8, 4) is 10.6 Å². The van der Waals surface area contributed by atoms with E-state index in [2.05, 4.69) is 10.3 Å². The fourth-order valence-electron chi connectivity index (χ4n) is 2.34. The number of carbonyl (C=O) groups excluding carboxylic acids is 2. The lowest BCUT2D eigenvalue weighted by molar-refractivity contribution is -0.133. The molecule has 1 aromatic heterocycles. The minimum atomic E-state index is -1.28. The summed E-state index contributed by atoms with van der Waals surface area (Å²) in [6, 6.07) is 7.19. The molecule has 1 heterocycles. The van der Waals surface area contributed by atoms with Crippen molar-refractivity contribution in [3.05, 3.63) is 40.9 Å². The predicted molar refractivity (Wildman–Crippen MR) is 98.0 cm³/mol. The lowest BCUT2D eigenvalue weighted by atomic mass is 10.0. The number of aliphatic hydroxyl groups excluding tert-OH is 1. The summed E-state index contributed by atoms with van der Waals surface area (Å²) in [6.45, 7) is 5.56. The van der Waals surface area contributed by atoms with E-state index in [9.17, 15) is 14.7 Å². The Kier molecular flexibility index (Phi) is 6.27. The van der Waals surface area contributed by atoms with Crippen LogP contribution in [0.5, 0.6) is 0 Å². The fourth-order valence-corrected chi connectivity index (χ4v) is 3.17. The molecule has 0 aliphatic heterocycles. The molecular formula is C18H23N3O3S. The second-order valence-electron chi connectivity index (χ2n) is 6.36. The van der Waals surface area contributed by atoms with Crippen LogP contribution in [0.4, 0.5) is 0 Å². The predicted octanol–water partition coefficient (Wildman–Crippen LogP) is 1.65. The summed E-state index contributed by atoms with van der Waals surface area (Å²) < 4.78 is 0. The highest BCUT2D eigenvalue weighted by Gasteiger charge is 2.25. The van der Waals surface area contributed by atoms with E-state index < -0.39 is 24.0 Å². The van der Waals surface area contributed by atoms with Crippen LogP contribution in [-0.4, -0.2) is 34.1 Å². The standard InChI is InChI=1S/C18H23N3O3S/c1-10(2)15(16(19)23)21-17(24)14(22)8-13-9-25-18(20-13)12-6-4-11(3)5-7-12/h4-7,9-10,14-15,22H,8H2,1-3H3,(H2,19,23)(H,21,24)/t14-,15-/m0/s1. The van der Waals surface area contributed by atoms with Crippen LogP contribution in [0, 0.1) is 12.8 Å². The van der Waals surface area contributed by atoms with Crippen LogP contribution in [0.2, 0.25) is 0 Å². The van der Waals surface area contributed by atoms with Crippen molar-refractivity contribution in [2.24, 2.45) is 11.7 Å². The zero-order valence-electron chi connectivity index (χ0n) is 14.5. The lowest BCUT2D eigenvalue weighted by Gasteiger charge is -2.20. The van der Waals surface area contributed by atoms with Crippen molar-refractivity contribution in [2.75, 3.05) is 0 Å². The first-order chi connectivity index (χ1) is 11.8. The summed E-state index contributed by atoms with van der Waals surface area (Å²) in [5.41, 5.74) is 8.06. The van der Waals surface area contributed by atoms with Gasteiger partial charge in [0.2, 0.25) is 11.8 Å². The molecule has 6 nitrogen and oxygen atoms in total. The van der Waals surface area contributed by atoms with Crippen molar-refractivity contribution in [3.63, 3.8) is 0 Å². The number of primary amides is 1. The Morgan fingerprint density at radius 3 is 2.48 bits per heavy atom. The van der Waals surface area contributed by atoms with Gasteiger partial charge in [-0.25, -0.2) is 4.98 Å². The quantitative estimate of drug-likeness (QED) is 0.697. The maximum absolute atomic E-state index is 12.1. The van der Waals surface area contributed by atoms with E-state index in [1.807, 2.05) is 36.6 Å². The molecule has 134 valence electrons. The van der Waals surface area contributed by atoms with Crippen molar-refractivity contribution in [1.29, 1.82) is 0 Å². The average molecular weight is 361 g/mol. The molecular weight excluding hydrogens is 338 g/mol. The van der Waals surface area contributed by atoms with E-state index >= 15 is 0 Å². The molecule has 2 atom stereocenters. The second-order valence-corrected chi connectivity index (χ2v) is 7.22. The van der Waals surface area contributed by atoms with Gasteiger partial charge in [-0.1, -0.05) is 43.7 Å². The highest BCUT2D eigenvalue weighted by molar-refractivity contribution is 7.13. The molecule has 0 radical (unpaired) electrons. The number of thiazole rings is 1. The van der Waals surface area contributed by atoms with Crippen LogP contribution in [0.1, 0.15) is 25.1 Å². The van der Waals surface area contributed by atoms with Gasteiger partial charge in [0.15, 0.2) is 0 Å². The first kappa shape index (κ1) is 19.1. The molecule has 7 heteroatoms. The maximum atomic E-state index is 12.1. The van der Waals surface area contributed by atoms with Crippen molar-refractivity contribution < 1.29 is 14.7 Å². The topological polar surface area (TPSA) is 105 Å². The van der Waals surface area contributed by atoms with E-state index in [-0.39, 0.29) is 12.3 Å². The Labute approximate surface area is 151 Å². The number of nitrogens with two attached hydrogens (primary N) is 1.